The quantitative estimate of drug-likeness (QED) is 0.521. The number of carbonyl (C=O) groups is 1. The summed E-state index contributed by atoms with van der Waals surface area (Å²) in [6.07, 6.45) is 6.76. The van der Waals surface area contributed by atoms with E-state index in [1.165, 1.54) is 23.6 Å². The minimum atomic E-state index is -0.129. The molecule has 1 aromatic heterocycles. The summed E-state index contributed by atoms with van der Waals surface area (Å²) in [4.78, 5) is 14.1. The van der Waals surface area contributed by atoms with Crippen LogP contribution in [0, 0.1) is 6.92 Å². The molecule has 0 saturated carbocycles. The number of aromatic nitrogens is 1. The third kappa shape index (κ3) is 6.14. The molecule has 0 bridgehead atoms. The fourth-order valence-corrected chi connectivity index (χ4v) is 3.56. The fraction of sp³-hybridized carbons (Fsp3) is 0.280. The second-order valence-corrected chi connectivity index (χ2v) is 7.72. The standard InChI is InChI=1S/C25H27N3O4/c1-19-4-2-6-23(14-19)30-12-13-31-24-7-3-5-21(16-24)15-20-8-10-28(11-9-20)25(29)27-22-17-26-32-18-22/h2-7,14-18H,8-13H2,1H3,(H,27,29). The van der Waals surface area contributed by atoms with E-state index >= 15 is 0 Å². The van der Waals surface area contributed by atoms with Crippen LogP contribution in [0.3, 0.4) is 0 Å². The Hall–Kier alpha value is -3.74. The van der Waals surface area contributed by atoms with Gasteiger partial charge < -0.3 is 24.2 Å². The first-order chi connectivity index (χ1) is 15.7. The highest BCUT2D eigenvalue weighted by Gasteiger charge is 2.19. The molecular formula is C25H27N3O4. The first-order valence-electron chi connectivity index (χ1n) is 10.7. The summed E-state index contributed by atoms with van der Waals surface area (Å²) in [7, 11) is 0. The normalized spacial score (nSPS) is 13.5. The van der Waals surface area contributed by atoms with Gasteiger partial charge in [0.05, 0.1) is 6.20 Å². The maximum Gasteiger partial charge on any atom is 0.321 e. The van der Waals surface area contributed by atoms with Crippen molar-refractivity contribution in [3.8, 4) is 11.5 Å². The number of hydrogen-bond donors (Lipinski definition) is 1. The van der Waals surface area contributed by atoms with Crippen LogP contribution in [-0.4, -0.2) is 42.4 Å². The number of aryl methyl sites for hydroxylation is 1. The van der Waals surface area contributed by atoms with Crippen molar-refractivity contribution >= 4 is 17.8 Å². The number of piperidine rings is 1. The second kappa shape index (κ2) is 10.5. The van der Waals surface area contributed by atoms with Gasteiger partial charge >= 0.3 is 6.03 Å². The Morgan fingerprint density at radius 1 is 1.09 bits per heavy atom. The molecule has 7 heteroatoms. The highest BCUT2D eigenvalue weighted by Crippen LogP contribution is 2.22. The predicted octanol–water partition coefficient (Wildman–Crippen LogP) is 5.15. The summed E-state index contributed by atoms with van der Waals surface area (Å²) in [6.45, 7) is 4.36. The molecule has 1 saturated heterocycles. The molecule has 7 nitrogen and oxygen atoms in total. The molecule has 4 rings (SSSR count). The number of urea groups is 1. The molecule has 1 fully saturated rings. The van der Waals surface area contributed by atoms with Gasteiger partial charge in [0, 0.05) is 13.1 Å². The van der Waals surface area contributed by atoms with E-state index in [9.17, 15) is 4.79 Å². The van der Waals surface area contributed by atoms with Crippen molar-refractivity contribution in [2.24, 2.45) is 0 Å². The minimum absolute atomic E-state index is 0.129. The summed E-state index contributed by atoms with van der Waals surface area (Å²) >= 11 is 0. The van der Waals surface area contributed by atoms with E-state index in [1.54, 1.807) is 4.90 Å². The van der Waals surface area contributed by atoms with Crippen molar-refractivity contribution in [3.05, 3.63) is 77.7 Å². The van der Waals surface area contributed by atoms with Gasteiger partial charge in [-0.05, 0) is 55.2 Å². The molecule has 166 valence electrons. The predicted molar refractivity (Wildman–Crippen MR) is 123 cm³/mol. The molecule has 2 amide bonds. The average Bonchev–Trinajstić information content (AvgIpc) is 3.31. The lowest BCUT2D eigenvalue weighted by atomic mass is 10.0. The minimum Gasteiger partial charge on any atom is -0.490 e. The zero-order chi connectivity index (χ0) is 22.2. The third-order valence-electron chi connectivity index (χ3n) is 5.22. The maximum atomic E-state index is 12.3. The van der Waals surface area contributed by atoms with Gasteiger partial charge in [0.25, 0.3) is 0 Å². The summed E-state index contributed by atoms with van der Waals surface area (Å²) < 4.78 is 16.3. The number of nitrogens with zero attached hydrogens (tertiary/aromatic N) is 2. The van der Waals surface area contributed by atoms with Gasteiger partial charge in [0.15, 0.2) is 0 Å². The Morgan fingerprint density at radius 3 is 2.50 bits per heavy atom. The van der Waals surface area contributed by atoms with Crippen LogP contribution in [0.4, 0.5) is 10.5 Å². The van der Waals surface area contributed by atoms with E-state index in [-0.39, 0.29) is 6.03 Å². The number of ether oxygens (including phenoxy) is 2. The SMILES string of the molecule is Cc1cccc(OCCOc2cccc(C=C3CCN(C(=O)Nc4cnoc4)CC3)c2)c1. The van der Waals surface area contributed by atoms with Gasteiger partial charge in [0.2, 0.25) is 0 Å². The summed E-state index contributed by atoms with van der Waals surface area (Å²) in [5.74, 6) is 1.67. The van der Waals surface area contributed by atoms with Gasteiger partial charge in [-0.15, -0.1) is 0 Å². The zero-order valence-electron chi connectivity index (χ0n) is 18.1. The molecule has 0 spiro atoms. The monoisotopic (exact) mass is 433 g/mol. The van der Waals surface area contributed by atoms with E-state index in [4.69, 9.17) is 14.0 Å². The zero-order valence-corrected chi connectivity index (χ0v) is 18.1. The first kappa shape index (κ1) is 21.5. The van der Waals surface area contributed by atoms with E-state index in [0.717, 1.165) is 29.9 Å². The smallest absolute Gasteiger partial charge is 0.321 e. The average molecular weight is 434 g/mol. The number of anilines is 1. The Balaban J connectivity index is 1.24. The van der Waals surface area contributed by atoms with Crippen molar-refractivity contribution in [2.75, 3.05) is 31.6 Å². The maximum absolute atomic E-state index is 12.3. The van der Waals surface area contributed by atoms with Crippen molar-refractivity contribution < 1.29 is 18.8 Å². The van der Waals surface area contributed by atoms with Crippen LogP contribution in [-0.2, 0) is 0 Å². The van der Waals surface area contributed by atoms with Crippen LogP contribution < -0.4 is 14.8 Å². The number of amides is 2. The molecular weight excluding hydrogens is 406 g/mol. The summed E-state index contributed by atoms with van der Waals surface area (Å²) in [5.41, 5.74) is 4.15. The number of benzene rings is 2. The fourth-order valence-electron chi connectivity index (χ4n) is 3.56. The van der Waals surface area contributed by atoms with Crippen LogP contribution >= 0.6 is 0 Å². The van der Waals surface area contributed by atoms with Gasteiger partial charge in [-0.25, -0.2) is 4.79 Å². The molecule has 0 unspecified atom stereocenters. The molecule has 1 N–H and O–H groups in total. The molecule has 2 heterocycles. The Labute approximate surface area is 187 Å². The van der Waals surface area contributed by atoms with E-state index < -0.39 is 0 Å². The number of likely N-dealkylation sites (tertiary alicyclic amines) is 1. The lowest BCUT2D eigenvalue weighted by molar-refractivity contribution is 0.208. The topological polar surface area (TPSA) is 76.8 Å². The molecule has 3 aromatic rings. The molecule has 0 radical (unpaired) electrons. The number of nitrogens with one attached hydrogen (secondary N) is 1. The van der Waals surface area contributed by atoms with Crippen LogP contribution in [0.1, 0.15) is 24.0 Å². The van der Waals surface area contributed by atoms with Crippen molar-refractivity contribution in [2.45, 2.75) is 19.8 Å². The van der Waals surface area contributed by atoms with Crippen LogP contribution in [0.25, 0.3) is 6.08 Å². The van der Waals surface area contributed by atoms with Crippen molar-refractivity contribution in [3.63, 3.8) is 0 Å². The van der Waals surface area contributed by atoms with E-state index in [2.05, 4.69) is 22.6 Å². The number of rotatable bonds is 7. The molecule has 0 aliphatic carbocycles. The van der Waals surface area contributed by atoms with Crippen molar-refractivity contribution in [1.82, 2.24) is 10.1 Å². The highest BCUT2D eigenvalue weighted by atomic mass is 16.5. The van der Waals surface area contributed by atoms with E-state index in [1.807, 2.05) is 49.4 Å². The Morgan fingerprint density at radius 2 is 1.81 bits per heavy atom. The summed E-state index contributed by atoms with van der Waals surface area (Å²) in [5, 5.41) is 6.38. The second-order valence-electron chi connectivity index (χ2n) is 7.72. The summed E-state index contributed by atoms with van der Waals surface area (Å²) in [6, 6.07) is 15.9. The van der Waals surface area contributed by atoms with Gasteiger partial charge in [-0.3, -0.25) is 0 Å². The van der Waals surface area contributed by atoms with E-state index in [0.29, 0.717) is 32.0 Å². The number of carbonyl (C=O) groups excluding carboxylic acids is 1. The molecule has 0 atom stereocenters. The van der Waals surface area contributed by atoms with Crippen molar-refractivity contribution in [1.29, 1.82) is 0 Å². The highest BCUT2D eigenvalue weighted by molar-refractivity contribution is 5.89. The molecule has 1 aliphatic rings. The van der Waals surface area contributed by atoms with Gasteiger partial charge in [-0.1, -0.05) is 41.1 Å². The lowest BCUT2D eigenvalue weighted by Gasteiger charge is -2.28. The molecule has 32 heavy (non-hydrogen) atoms. The van der Waals surface area contributed by atoms with Gasteiger partial charge in [-0.2, -0.15) is 0 Å². The third-order valence-corrected chi connectivity index (χ3v) is 5.22. The largest absolute Gasteiger partial charge is 0.490 e. The molecule has 2 aromatic carbocycles. The van der Waals surface area contributed by atoms with Crippen LogP contribution in [0.15, 0.2) is 71.1 Å². The van der Waals surface area contributed by atoms with Gasteiger partial charge in [0.1, 0.15) is 36.7 Å². The Bertz CT molecular complexity index is 1050. The number of hydrogen-bond acceptors (Lipinski definition) is 5. The van der Waals surface area contributed by atoms with Crippen LogP contribution in [0.2, 0.25) is 0 Å². The van der Waals surface area contributed by atoms with Crippen LogP contribution in [0.5, 0.6) is 11.5 Å². The Kier molecular flexibility index (Phi) is 7.07. The lowest BCUT2D eigenvalue weighted by Crippen LogP contribution is -2.39. The first-order valence-corrected chi connectivity index (χ1v) is 10.7. The molecule has 1 aliphatic heterocycles.